The third-order valence-electron chi connectivity index (χ3n) is 3.89. The van der Waals surface area contributed by atoms with Gasteiger partial charge in [0.1, 0.15) is 13.2 Å². The molecule has 3 rings (SSSR count). The van der Waals surface area contributed by atoms with E-state index in [2.05, 4.69) is 0 Å². The zero-order chi connectivity index (χ0) is 11.9. The topological polar surface area (TPSA) is 44.5 Å². The van der Waals surface area contributed by atoms with E-state index < -0.39 is 0 Å². The molecular formula is C13H16ClNO2. The maximum atomic E-state index is 6.35. The van der Waals surface area contributed by atoms with Crippen molar-refractivity contribution in [1.82, 2.24) is 0 Å². The van der Waals surface area contributed by atoms with Crippen LogP contribution >= 0.6 is 11.6 Å². The van der Waals surface area contributed by atoms with Crippen molar-refractivity contribution in [2.24, 2.45) is 5.73 Å². The predicted molar refractivity (Wildman–Crippen MR) is 67.0 cm³/mol. The van der Waals surface area contributed by atoms with E-state index in [9.17, 15) is 0 Å². The standard InChI is InChI=1S/C13H16ClNO2/c14-9-2-3-10-12(17-7-6-16-10)11(9)13(8-15)4-1-5-13/h2-3H,1,4-8,15H2. The summed E-state index contributed by atoms with van der Waals surface area (Å²) in [5.41, 5.74) is 7.01. The van der Waals surface area contributed by atoms with E-state index in [4.69, 9.17) is 26.8 Å². The van der Waals surface area contributed by atoms with Crippen LogP contribution in [0.2, 0.25) is 5.02 Å². The van der Waals surface area contributed by atoms with Gasteiger partial charge >= 0.3 is 0 Å². The molecule has 1 aromatic carbocycles. The van der Waals surface area contributed by atoms with Crippen LogP contribution in [0.5, 0.6) is 11.5 Å². The van der Waals surface area contributed by atoms with Gasteiger partial charge in [-0.3, -0.25) is 0 Å². The SMILES string of the molecule is NCC1(c2c(Cl)ccc3c2OCCO3)CCC1. The minimum Gasteiger partial charge on any atom is -0.486 e. The average Bonchev–Trinajstić information content (AvgIpc) is 2.31. The molecule has 3 nitrogen and oxygen atoms in total. The van der Waals surface area contributed by atoms with Gasteiger partial charge in [0, 0.05) is 22.5 Å². The summed E-state index contributed by atoms with van der Waals surface area (Å²) in [7, 11) is 0. The summed E-state index contributed by atoms with van der Waals surface area (Å²) < 4.78 is 11.4. The highest BCUT2D eigenvalue weighted by molar-refractivity contribution is 6.31. The summed E-state index contributed by atoms with van der Waals surface area (Å²) in [5, 5.41) is 0.749. The highest BCUT2D eigenvalue weighted by Gasteiger charge is 2.42. The van der Waals surface area contributed by atoms with Crippen LogP contribution in [0.15, 0.2) is 12.1 Å². The molecule has 0 aromatic heterocycles. The van der Waals surface area contributed by atoms with Crippen molar-refractivity contribution in [2.75, 3.05) is 19.8 Å². The quantitative estimate of drug-likeness (QED) is 0.881. The van der Waals surface area contributed by atoms with E-state index in [1.807, 2.05) is 12.1 Å². The van der Waals surface area contributed by atoms with Crippen molar-refractivity contribution in [3.8, 4) is 11.5 Å². The Morgan fingerprint density at radius 2 is 2.00 bits per heavy atom. The molecule has 4 heteroatoms. The minimum absolute atomic E-state index is 0.00310. The first kappa shape index (κ1) is 11.2. The molecule has 1 aliphatic carbocycles. The van der Waals surface area contributed by atoms with Gasteiger partial charge in [0.2, 0.25) is 0 Å². The molecular weight excluding hydrogens is 238 g/mol. The maximum absolute atomic E-state index is 6.35. The Morgan fingerprint density at radius 1 is 1.24 bits per heavy atom. The molecule has 0 saturated heterocycles. The fourth-order valence-electron chi connectivity index (χ4n) is 2.75. The zero-order valence-electron chi connectivity index (χ0n) is 9.67. The molecule has 0 unspecified atom stereocenters. The Hall–Kier alpha value is -0.930. The van der Waals surface area contributed by atoms with Crippen molar-refractivity contribution in [2.45, 2.75) is 24.7 Å². The summed E-state index contributed by atoms with van der Waals surface area (Å²) in [6, 6.07) is 3.77. The monoisotopic (exact) mass is 253 g/mol. The second-order valence-corrected chi connectivity index (χ2v) is 5.19. The van der Waals surface area contributed by atoms with Crippen LogP contribution in [0.3, 0.4) is 0 Å². The summed E-state index contributed by atoms with van der Waals surface area (Å²) in [5.74, 6) is 1.62. The van der Waals surface area contributed by atoms with Crippen LogP contribution in [0.4, 0.5) is 0 Å². The van der Waals surface area contributed by atoms with Crippen LogP contribution in [-0.4, -0.2) is 19.8 Å². The Bertz CT molecular complexity index is 438. The van der Waals surface area contributed by atoms with Gasteiger partial charge in [-0.25, -0.2) is 0 Å². The van der Waals surface area contributed by atoms with E-state index in [0.29, 0.717) is 19.8 Å². The lowest BCUT2D eigenvalue weighted by Crippen LogP contribution is -2.42. The summed E-state index contributed by atoms with van der Waals surface area (Å²) >= 11 is 6.35. The number of rotatable bonds is 2. The number of halogens is 1. The van der Waals surface area contributed by atoms with Crippen molar-refractivity contribution < 1.29 is 9.47 Å². The van der Waals surface area contributed by atoms with Crippen molar-refractivity contribution >= 4 is 11.6 Å². The Balaban J connectivity index is 2.14. The minimum atomic E-state index is 0.00310. The number of nitrogens with two attached hydrogens (primary N) is 1. The van der Waals surface area contributed by atoms with Crippen LogP contribution < -0.4 is 15.2 Å². The molecule has 17 heavy (non-hydrogen) atoms. The number of hydrogen-bond acceptors (Lipinski definition) is 3. The maximum Gasteiger partial charge on any atom is 0.166 e. The fourth-order valence-corrected chi connectivity index (χ4v) is 3.09. The molecule has 1 heterocycles. The van der Waals surface area contributed by atoms with Gasteiger partial charge in [0.15, 0.2) is 11.5 Å². The van der Waals surface area contributed by atoms with Gasteiger partial charge in [-0.1, -0.05) is 18.0 Å². The van der Waals surface area contributed by atoms with Gasteiger partial charge < -0.3 is 15.2 Å². The highest BCUT2D eigenvalue weighted by atomic mass is 35.5. The molecule has 0 radical (unpaired) electrons. The van der Waals surface area contributed by atoms with Crippen molar-refractivity contribution in [3.05, 3.63) is 22.7 Å². The van der Waals surface area contributed by atoms with Gasteiger partial charge in [-0.2, -0.15) is 0 Å². The van der Waals surface area contributed by atoms with Crippen LogP contribution in [0.25, 0.3) is 0 Å². The molecule has 0 bridgehead atoms. The van der Waals surface area contributed by atoms with Gasteiger partial charge in [0.25, 0.3) is 0 Å². The normalized spacial score (nSPS) is 20.8. The molecule has 0 amide bonds. The van der Waals surface area contributed by atoms with E-state index >= 15 is 0 Å². The van der Waals surface area contributed by atoms with Crippen LogP contribution in [0.1, 0.15) is 24.8 Å². The summed E-state index contributed by atoms with van der Waals surface area (Å²) in [6.45, 7) is 1.80. The second kappa shape index (κ2) is 4.07. The van der Waals surface area contributed by atoms with E-state index in [1.54, 1.807) is 0 Å². The molecule has 1 aliphatic heterocycles. The molecule has 0 atom stereocenters. The number of benzene rings is 1. The summed E-state index contributed by atoms with van der Waals surface area (Å²) in [6.07, 6.45) is 3.38. The van der Waals surface area contributed by atoms with Crippen LogP contribution in [-0.2, 0) is 5.41 Å². The van der Waals surface area contributed by atoms with E-state index in [1.165, 1.54) is 6.42 Å². The number of fused-ring (bicyclic) bond motifs is 1. The third kappa shape index (κ3) is 1.60. The Kier molecular flexibility index (Phi) is 2.68. The van der Waals surface area contributed by atoms with Crippen LogP contribution in [0, 0.1) is 0 Å². The second-order valence-electron chi connectivity index (χ2n) is 4.78. The lowest BCUT2D eigenvalue weighted by molar-refractivity contribution is 0.160. The number of hydrogen-bond donors (Lipinski definition) is 1. The zero-order valence-corrected chi connectivity index (χ0v) is 10.4. The predicted octanol–water partition coefficient (Wildman–Crippen LogP) is 2.49. The third-order valence-corrected chi connectivity index (χ3v) is 4.20. The van der Waals surface area contributed by atoms with Gasteiger partial charge in [0.05, 0.1) is 0 Å². The first-order valence-electron chi connectivity index (χ1n) is 6.05. The van der Waals surface area contributed by atoms with Crippen molar-refractivity contribution in [1.29, 1.82) is 0 Å². The Labute approximate surface area is 106 Å². The fraction of sp³-hybridized carbons (Fsp3) is 0.538. The molecule has 1 saturated carbocycles. The van der Waals surface area contributed by atoms with E-state index in [-0.39, 0.29) is 5.41 Å². The van der Waals surface area contributed by atoms with E-state index in [0.717, 1.165) is 34.9 Å². The number of ether oxygens (including phenoxy) is 2. The molecule has 1 aromatic rings. The molecule has 2 N–H and O–H groups in total. The first-order valence-corrected chi connectivity index (χ1v) is 6.43. The largest absolute Gasteiger partial charge is 0.486 e. The van der Waals surface area contributed by atoms with Gasteiger partial charge in [-0.05, 0) is 25.0 Å². The first-order chi connectivity index (χ1) is 8.27. The van der Waals surface area contributed by atoms with Crippen molar-refractivity contribution in [3.63, 3.8) is 0 Å². The molecule has 2 aliphatic rings. The Morgan fingerprint density at radius 3 is 2.65 bits per heavy atom. The average molecular weight is 254 g/mol. The highest BCUT2D eigenvalue weighted by Crippen LogP contribution is 2.52. The molecule has 0 spiro atoms. The lowest BCUT2D eigenvalue weighted by Gasteiger charge is -2.43. The molecule has 1 fully saturated rings. The smallest absolute Gasteiger partial charge is 0.166 e. The summed E-state index contributed by atoms with van der Waals surface area (Å²) in [4.78, 5) is 0. The lowest BCUT2D eigenvalue weighted by atomic mass is 9.64. The molecule has 92 valence electrons. The van der Waals surface area contributed by atoms with Gasteiger partial charge in [-0.15, -0.1) is 0 Å².